The van der Waals surface area contributed by atoms with Crippen molar-refractivity contribution >= 4 is 17.3 Å². The molecule has 0 heterocycles. The van der Waals surface area contributed by atoms with Crippen LogP contribution in [0.2, 0.25) is 0 Å². The summed E-state index contributed by atoms with van der Waals surface area (Å²) < 4.78 is 0. The molecule has 0 spiro atoms. The number of rotatable bonds is 4. The van der Waals surface area contributed by atoms with E-state index in [-0.39, 0.29) is 17.6 Å². The third-order valence-electron chi connectivity index (χ3n) is 3.92. The predicted octanol–water partition coefficient (Wildman–Crippen LogP) is 3.09. The van der Waals surface area contributed by atoms with Gasteiger partial charge in [-0.1, -0.05) is 25.7 Å². The zero-order valence-corrected chi connectivity index (χ0v) is 12.2. The fraction of sp³-hybridized carbons (Fsp3) is 0.533. The number of hydrogen-bond donors (Lipinski definition) is 2. The highest BCUT2D eigenvalue weighted by Gasteiger charge is 2.20. The molecule has 0 unspecified atom stereocenters. The first kappa shape index (κ1) is 15.3. The van der Waals surface area contributed by atoms with Crippen LogP contribution in [0.1, 0.15) is 48.9 Å². The highest BCUT2D eigenvalue weighted by molar-refractivity contribution is 6.00. The van der Waals surface area contributed by atoms with Crippen LogP contribution >= 0.6 is 0 Å². The standard InChI is InChI=1S/C15H21N3O3/c1-16-14-9-8-12(18(20)21)10-13(14)15(19)17-11-6-4-2-3-5-7-11/h8-11,16H,2-7H2,1H3,(H,17,19). The van der Waals surface area contributed by atoms with Crippen LogP contribution in [0.3, 0.4) is 0 Å². The lowest BCUT2D eigenvalue weighted by atomic mass is 10.1. The number of non-ortho nitro benzene ring substituents is 1. The molecule has 0 aliphatic heterocycles. The summed E-state index contributed by atoms with van der Waals surface area (Å²) in [6.45, 7) is 0. The maximum atomic E-state index is 12.4. The van der Waals surface area contributed by atoms with Crippen molar-refractivity contribution in [3.63, 3.8) is 0 Å². The molecule has 1 aromatic carbocycles. The molecule has 6 heteroatoms. The molecule has 1 fully saturated rings. The number of benzene rings is 1. The Morgan fingerprint density at radius 1 is 1.24 bits per heavy atom. The number of anilines is 1. The lowest BCUT2D eigenvalue weighted by Gasteiger charge is -2.17. The van der Waals surface area contributed by atoms with Crippen LogP contribution < -0.4 is 10.6 Å². The van der Waals surface area contributed by atoms with Crippen molar-refractivity contribution in [3.8, 4) is 0 Å². The van der Waals surface area contributed by atoms with Gasteiger partial charge in [0.25, 0.3) is 11.6 Å². The van der Waals surface area contributed by atoms with Gasteiger partial charge < -0.3 is 10.6 Å². The normalized spacial score (nSPS) is 16.0. The fourth-order valence-corrected chi connectivity index (χ4v) is 2.74. The van der Waals surface area contributed by atoms with E-state index in [0.717, 1.165) is 25.7 Å². The molecule has 0 saturated heterocycles. The zero-order valence-electron chi connectivity index (χ0n) is 12.2. The predicted molar refractivity (Wildman–Crippen MR) is 81.6 cm³/mol. The van der Waals surface area contributed by atoms with Crippen molar-refractivity contribution in [3.05, 3.63) is 33.9 Å². The van der Waals surface area contributed by atoms with Crippen LogP contribution in [0.4, 0.5) is 11.4 Å². The highest BCUT2D eigenvalue weighted by Crippen LogP contribution is 2.23. The minimum absolute atomic E-state index is 0.0694. The number of carbonyl (C=O) groups excluding carboxylic acids is 1. The van der Waals surface area contributed by atoms with Gasteiger partial charge in [-0.3, -0.25) is 14.9 Å². The SMILES string of the molecule is CNc1ccc([N+](=O)[O-])cc1C(=O)NC1CCCCCC1. The summed E-state index contributed by atoms with van der Waals surface area (Å²) in [5.41, 5.74) is 0.864. The van der Waals surface area contributed by atoms with Gasteiger partial charge in [0, 0.05) is 30.9 Å². The van der Waals surface area contributed by atoms with Crippen molar-refractivity contribution in [1.29, 1.82) is 0 Å². The highest BCUT2D eigenvalue weighted by atomic mass is 16.6. The lowest BCUT2D eigenvalue weighted by molar-refractivity contribution is -0.384. The van der Waals surface area contributed by atoms with E-state index in [1.54, 1.807) is 13.1 Å². The lowest BCUT2D eigenvalue weighted by Crippen LogP contribution is -2.34. The first-order chi connectivity index (χ1) is 10.1. The quantitative estimate of drug-likeness (QED) is 0.507. The minimum Gasteiger partial charge on any atom is -0.387 e. The summed E-state index contributed by atoms with van der Waals surface area (Å²) >= 11 is 0. The molecule has 2 N–H and O–H groups in total. The van der Waals surface area contributed by atoms with E-state index >= 15 is 0 Å². The van der Waals surface area contributed by atoms with Gasteiger partial charge in [-0.25, -0.2) is 0 Å². The average Bonchev–Trinajstić information content (AvgIpc) is 2.75. The summed E-state index contributed by atoms with van der Waals surface area (Å²) in [6.07, 6.45) is 6.64. The Bertz CT molecular complexity index is 523. The minimum atomic E-state index is -0.484. The average molecular weight is 291 g/mol. The van der Waals surface area contributed by atoms with E-state index in [1.165, 1.54) is 25.0 Å². The van der Waals surface area contributed by atoms with E-state index in [9.17, 15) is 14.9 Å². The second-order valence-corrected chi connectivity index (χ2v) is 5.40. The maximum Gasteiger partial charge on any atom is 0.270 e. The van der Waals surface area contributed by atoms with Gasteiger partial charge >= 0.3 is 0 Å². The second kappa shape index (κ2) is 7.06. The molecular formula is C15H21N3O3. The molecular weight excluding hydrogens is 270 g/mol. The number of nitro groups is 1. The van der Waals surface area contributed by atoms with Crippen LogP contribution in [-0.2, 0) is 0 Å². The molecule has 1 aliphatic carbocycles. The number of nitrogens with zero attached hydrogens (tertiary/aromatic N) is 1. The molecule has 0 aromatic heterocycles. The Balaban J connectivity index is 2.16. The second-order valence-electron chi connectivity index (χ2n) is 5.40. The first-order valence-corrected chi connectivity index (χ1v) is 7.39. The Hall–Kier alpha value is -2.11. The van der Waals surface area contributed by atoms with Gasteiger partial charge in [0.05, 0.1) is 10.5 Å². The molecule has 2 rings (SSSR count). The molecule has 114 valence electrons. The van der Waals surface area contributed by atoms with Crippen LogP contribution in [0, 0.1) is 10.1 Å². The fourth-order valence-electron chi connectivity index (χ4n) is 2.74. The van der Waals surface area contributed by atoms with Crippen molar-refractivity contribution in [1.82, 2.24) is 5.32 Å². The van der Waals surface area contributed by atoms with E-state index in [4.69, 9.17) is 0 Å². The third kappa shape index (κ3) is 3.93. The van der Waals surface area contributed by atoms with Gasteiger partial charge in [0.15, 0.2) is 0 Å². The molecule has 1 aliphatic rings. The zero-order chi connectivity index (χ0) is 15.2. The van der Waals surface area contributed by atoms with Gasteiger partial charge in [-0.2, -0.15) is 0 Å². The molecule has 21 heavy (non-hydrogen) atoms. The van der Waals surface area contributed by atoms with E-state index in [1.807, 2.05) is 0 Å². The molecule has 6 nitrogen and oxygen atoms in total. The molecule has 0 bridgehead atoms. The molecule has 0 radical (unpaired) electrons. The van der Waals surface area contributed by atoms with Crippen LogP contribution in [0.15, 0.2) is 18.2 Å². The number of nitro benzene ring substituents is 1. The smallest absolute Gasteiger partial charge is 0.270 e. The van der Waals surface area contributed by atoms with Crippen LogP contribution in [0.25, 0.3) is 0 Å². The van der Waals surface area contributed by atoms with E-state index in [2.05, 4.69) is 10.6 Å². The number of amides is 1. The maximum absolute atomic E-state index is 12.4. The van der Waals surface area contributed by atoms with Gasteiger partial charge in [-0.05, 0) is 18.9 Å². The van der Waals surface area contributed by atoms with Crippen molar-refractivity contribution in [2.75, 3.05) is 12.4 Å². The Morgan fingerprint density at radius 2 is 1.90 bits per heavy atom. The topological polar surface area (TPSA) is 84.3 Å². The Morgan fingerprint density at radius 3 is 2.48 bits per heavy atom. The van der Waals surface area contributed by atoms with Crippen molar-refractivity contribution in [2.24, 2.45) is 0 Å². The number of nitrogens with one attached hydrogen (secondary N) is 2. The van der Waals surface area contributed by atoms with Gasteiger partial charge in [0.2, 0.25) is 0 Å². The van der Waals surface area contributed by atoms with Gasteiger partial charge in [-0.15, -0.1) is 0 Å². The van der Waals surface area contributed by atoms with Crippen LogP contribution in [-0.4, -0.2) is 23.9 Å². The number of carbonyl (C=O) groups is 1. The summed E-state index contributed by atoms with van der Waals surface area (Å²) in [7, 11) is 1.70. The summed E-state index contributed by atoms with van der Waals surface area (Å²) in [6, 6.07) is 4.47. The first-order valence-electron chi connectivity index (χ1n) is 7.39. The monoisotopic (exact) mass is 291 g/mol. The Labute approximate surface area is 124 Å². The third-order valence-corrected chi connectivity index (χ3v) is 3.92. The molecule has 0 atom stereocenters. The van der Waals surface area contributed by atoms with E-state index in [0.29, 0.717) is 11.3 Å². The number of hydrogen-bond acceptors (Lipinski definition) is 4. The summed E-state index contributed by atoms with van der Waals surface area (Å²) in [5.74, 6) is -0.241. The molecule has 1 amide bonds. The molecule has 1 saturated carbocycles. The Kier molecular flexibility index (Phi) is 5.14. The van der Waals surface area contributed by atoms with Crippen molar-refractivity contribution < 1.29 is 9.72 Å². The van der Waals surface area contributed by atoms with Gasteiger partial charge in [0.1, 0.15) is 0 Å². The summed E-state index contributed by atoms with van der Waals surface area (Å²) in [4.78, 5) is 22.8. The summed E-state index contributed by atoms with van der Waals surface area (Å²) in [5, 5.41) is 16.8. The van der Waals surface area contributed by atoms with Crippen LogP contribution in [0.5, 0.6) is 0 Å². The molecule has 1 aromatic rings. The van der Waals surface area contributed by atoms with Crippen molar-refractivity contribution in [2.45, 2.75) is 44.6 Å². The van der Waals surface area contributed by atoms with E-state index < -0.39 is 4.92 Å². The largest absolute Gasteiger partial charge is 0.387 e.